The van der Waals surface area contributed by atoms with Gasteiger partial charge in [-0.3, -0.25) is 0 Å². The van der Waals surface area contributed by atoms with Crippen molar-refractivity contribution in [3.8, 4) is 6.07 Å². The summed E-state index contributed by atoms with van der Waals surface area (Å²) in [7, 11) is 0. The Morgan fingerprint density at radius 1 is 1.60 bits per heavy atom. The average molecular weight is 204 g/mol. The Morgan fingerprint density at radius 2 is 2.10 bits per heavy atom. The summed E-state index contributed by atoms with van der Waals surface area (Å²) in [4.78, 5) is 0.488. The molecule has 0 aliphatic rings. The first-order valence-corrected chi connectivity index (χ1v) is 4.48. The molecule has 0 radical (unpaired) electrons. The molecule has 0 fully saturated rings. The predicted molar refractivity (Wildman–Crippen MR) is 47.0 cm³/mol. The normalized spacial score (nSPS) is 14.3. The standard InChI is InChI=1S/C8H14BrN/c1-4-7(9)5-8(2,3)6-10/h7H,4-5H2,1-3H3. The molecule has 0 saturated carbocycles. The molecule has 0 N–H and O–H groups in total. The van der Waals surface area contributed by atoms with E-state index in [2.05, 4.69) is 28.9 Å². The van der Waals surface area contributed by atoms with Crippen molar-refractivity contribution >= 4 is 15.9 Å². The third kappa shape index (κ3) is 3.90. The van der Waals surface area contributed by atoms with Crippen LogP contribution >= 0.6 is 15.9 Å². The highest BCUT2D eigenvalue weighted by Gasteiger charge is 2.19. The summed E-state index contributed by atoms with van der Waals surface area (Å²) < 4.78 is 0. The molecule has 0 amide bonds. The maximum Gasteiger partial charge on any atom is 0.0684 e. The maximum atomic E-state index is 8.67. The first-order valence-electron chi connectivity index (χ1n) is 3.57. The van der Waals surface area contributed by atoms with Crippen LogP contribution in [0, 0.1) is 16.7 Å². The first kappa shape index (κ1) is 9.97. The van der Waals surface area contributed by atoms with Gasteiger partial charge < -0.3 is 0 Å². The zero-order chi connectivity index (χ0) is 8.20. The Bertz CT molecular complexity index is 135. The number of nitrogens with zero attached hydrogens (tertiary/aromatic N) is 1. The lowest BCUT2D eigenvalue weighted by atomic mass is 9.89. The van der Waals surface area contributed by atoms with E-state index in [0.717, 1.165) is 12.8 Å². The van der Waals surface area contributed by atoms with Crippen molar-refractivity contribution in [1.29, 1.82) is 5.26 Å². The number of rotatable bonds is 3. The second kappa shape index (κ2) is 3.98. The van der Waals surface area contributed by atoms with Gasteiger partial charge in [0.15, 0.2) is 0 Å². The van der Waals surface area contributed by atoms with E-state index in [4.69, 9.17) is 5.26 Å². The van der Waals surface area contributed by atoms with E-state index < -0.39 is 0 Å². The molecule has 0 aliphatic carbocycles. The molecule has 0 bridgehead atoms. The van der Waals surface area contributed by atoms with Gasteiger partial charge >= 0.3 is 0 Å². The molecular formula is C8H14BrN. The summed E-state index contributed by atoms with van der Waals surface area (Å²) in [6, 6.07) is 2.28. The minimum Gasteiger partial charge on any atom is -0.198 e. The smallest absolute Gasteiger partial charge is 0.0684 e. The van der Waals surface area contributed by atoms with Crippen molar-refractivity contribution < 1.29 is 0 Å². The Labute approximate surface area is 71.6 Å². The Balaban J connectivity index is 3.79. The number of halogens is 1. The third-order valence-corrected chi connectivity index (χ3v) is 2.45. The molecule has 0 heterocycles. The Kier molecular flexibility index (Phi) is 3.96. The molecule has 1 nitrogen and oxygen atoms in total. The van der Waals surface area contributed by atoms with Gasteiger partial charge in [-0.15, -0.1) is 0 Å². The SMILES string of the molecule is CCC(Br)CC(C)(C)C#N. The number of alkyl halides is 1. The van der Waals surface area contributed by atoms with Crippen LogP contribution in [0.1, 0.15) is 33.6 Å². The third-order valence-electron chi connectivity index (χ3n) is 1.48. The number of hydrogen-bond acceptors (Lipinski definition) is 1. The molecule has 10 heavy (non-hydrogen) atoms. The Hall–Kier alpha value is -0.0300. The largest absolute Gasteiger partial charge is 0.198 e. The number of hydrogen-bond donors (Lipinski definition) is 0. The average Bonchev–Trinajstić information content (AvgIpc) is 1.87. The molecule has 0 rings (SSSR count). The quantitative estimate of drug-likeness (QED) is 0.648. The second-order valence-corrected chi connectivity index (χ2v) is 4.50. The van der Waals surface area contributed by atoms with Crippen molar-refractivity contribution in [1.82, 2.24) is 0 Å². The van der Waals surface area contributed by atoms with Gasteiger partial charge in [-0.25, -0.2) is 0 Å². The maximum absolute atomic E-state index is 8.67. The zero-order valence-electron chi connectivity index (χ0n) is 6.82. The predicted octanol–water partition coefficient (Wildman–Crippen LogP) is 3.10. The zero-order valence-corrected chi connectivity index (χ0v) is 8.40. The fraction of sp³-hybridized carbons (Fsp3) is 0.875. The van der Waals surface area contributed by atoms with Crippen molar-refractivity contribution in [2.75, 3.05) is 0 Å². The van der Waals surface area contributed by atoms with Crippen LogP contribution in [0.3, 0.4) is 0 Å². The van der Waals surface area contributed by atoms with Crippen molar-refractivity contribution in [2.45, 2.75) is 38.4 Å². The van der Waals surface area contributed by atoms with Crippen molar-refractivity contribution in [3.05, 3.63) is 0 Å². The van der Waals surface area contributed by atoms with Crippen LogP contribution in [0.15, 0.2) is 0 Å². The summed E-state index contributed by atoms with van der Waals surface area (Å²) in [5.74, 6) is 0. The molecule has 0 saturated heterocycles. The minimum atomic E-state index is -0.176. The Morgan fingerprint density at radius 3 is 2.40 bits per heavy atom. The monoisotopic (exact) mass is 203 g/mol. The molecule has 0 aromatic heterocycles. The highest BCUT2D eigenvalue weighted by atomic mass is 79.9. The van der Waals surface area contributed by atoms with Gasteiger partial charge in [0, 0.05) is 4.83 Å². The summed E-state index contributed by atoms with van der Waals surface area (Å²) in [5, 5.41) is 8.67. The lowest BCUT2D eigenvalue weighted by molar-refractivity contribution is 0.442. The molecule has 0 aliphatic heterocycles. The van der Waals surface area contributed by atoms with Gasteiger partial charge in [0.05, 0.1) is 11.5 Å². The highest BCUT2D eigenvalue weighted by Crippen LogP contribution is 2.25. The first-order chi connectivity index (χ1) is 4.52. The van der Waals surface area contributed by atoms with Crippen LogP contribution in [-0.4, -0.2) is 4.83 Å². The van der Waals surface area contributed by atoms with E-state index in [0.29, 0.717) is 4.83 Å². The van der Waals surface area contributed by atoms with E-state index in [1.807, 2.05) is 13.8 Å². The van der Waals surface area contributed by atoms with Crippen LogP contribution in [0.4, 0.5) is 0 Å². The molecule has 2 heteroatoms. The summed E-state index contributed by atoms with van der Waals surface area (Å²) in [6.45, 7) is 6.06. The van der Waals surface area contributed by atoms with Crippen LogP contribution in [0.2, 0.25) is 0 Å². The van der Waals surface area contributed by atoms with Gasteiger partial charge in [0.1, 0.15) is 0 Å². The topological polar surface area (TPSA) is 23.8 Å². The van der Waals surface area contributed by atoms with Crippen LogP contribution in [0.5, 0.6) is 0 Å². The van der Waals surface area contributed by atoms with Crippen molar-refractivity contribution in [3.63, 3.8) is 0 Å². The van der Waals surface area contributed by atoms with Gasteiger partial charge in [-0.2, -0.15) is 5.26 Å². The molecule has 0 spiro atoms. The van der Waals surface area contributed by atoms with Crippen molar-refractivity contribution in [2.24, 2.45) is 5.41 Å². The van der Waals surface area contributed by atoms with E-state index in [-0.39, 0.29) is 5.41 Å². The molecule has 0 aromatic rings. The lowest BCUT2D eigenvalue weighted by Crippen LogP contribution is -2.13. The summed E-state index contributed by atoms with van der Waals surface area (Å²) in [5.41, 5.74) is -0.176. The fourth-order valence-electron chi connectivity index (χ4n) is 0.744. The fourth-order valence-corrected chi connectivity index (χ4v) is 1.55. The van der Waals surface area contributed by atoms with Gasteiger partial charge in [-0.1, -0.05) is 22.9 Å². The van der Waals surface area contributed by atoms with Crippen LogP contribution < -0.4 is 0 Å². The molecule has 1 atom stereocenters. The van der Waals surface area contributed by atoms with Gasteiger partial charge in [0.2, 0.25) is 0 Å². The number of nitriles is 1. The molecule has 1 unspecified atom stereocenters. The van der Waals surface area contributed by atoms with E-state index in [1.165, 1.54) is 0 Å². The molecule has 0 aromatic carbocycles. The lowest BCUT2D eigenvalue weighted by Gasteiger charge is -2.17. The van der Waals surface area contributed by atoms with Crippen LogP contribution in [0.25, 0.3) is 0 Å². The molecule has 58 valence electrons. The highest BCUT2D eigenvalue weighted by molar-refractivity contribution is 9.09. The summed E-state index contributed by atoms with van der Waals surface area (Å²) >= 11 is 3.50. The van der Waals surface area contributed by atoms with Crippen LogP contribution in [-0.2, 0) is 0 Å². The van der Waals surface area contributed by atoms with E-state index in [1.54, 1.807) is 0 Å². The van der Waals surface area contributed by atoms with Gasteiger partial charge in [-0.05, 0) is 26.7 Å². The molecular weight excluding hydrogens is 190 g/mol. The minimum absolute atomic E-state index is 0.176. The second-order valence-electron chi connectivity index (χ2n) is 3.21. The summed E-state index contributed by atoms with van der Waals surface area (Å²) in [6.07, 6.45) is 2.02. The van der Waals surface area contributed by atoms with E-state index in [9.17, 15) is 0 Å². The van der Waals surface area contributed by atoms with E-state index >= 15 is 0 Å². The van der Waals surface area contributed by atoms with Gasteiger partial charge in [0.25, 0.3) is 0 Å².